The number of hydrogen-bond donors (Lipinski definition) is 1. The average Bonchev–Trinajstić information content (AvgIpc) is 2.53. The molecule has 1 aliphatic rings. The minimum atomic E-state index is -4.55. The minimum absolute atomic E-state index is 0. The van der Waals surface area contributed by atoms with E-state index in [0.717, 1.165) is 0 Å². The summed E-state index contributed by atoms with van der Waals surface area (Å²) in [5, 5.41) is 4.11. The molecule has 0 fully saturated rings. The summed E-state index contributed by atoms with van der Waals surface area (Å²) in [6, 6.07) is 12.9. The zero-order valence-electron chi connectivity index (χ0n) is 12.8. The van der Waals surface area contributed by atoms with Crippen LogP contribution in [0.5, 0.6) is 0 Å². The fraction of sp³-hybridized carbons (Fsp3) is 0. The number of nitrogens with zero attached hydrogens (tertiary/aromatic N) is 1. The molecule has 3 rings (SSSR count). The number of carbonyl (C=O) groups excluding carboxylic acids is 1. The van der Waals surface area contributed by atoms with E-state index < -0.39 is 10.1 Å². The van der Waals surface area contributed by atoms with Gasteiger partial charge >= 0.3 is 29.6 Å². The molecule has 0 atom stereocenters. The van der Waals surface area contributed by atoms with Crippen LogP contribution in [-0.4, -0.2) is 24.5 Å². The van der Waals surface area contributed by atoms with Crippen LogP contribution in [0.1, 0.15) is 11.1 Å². The Balaban J connectivity index is 0.00000208. The second kappa shape index (κ2) is 7.42. The van der Waals surface area contributed by atoms with Crippen molar-refractivity contribution < 1.29 is 47.3 Å². The third-order valence-corrected chi connectivity index (χ3v) is 4.12. The fourth-order valence-corrected chi connectivity index (χ4v) is 2.68. The number of carbonyl (C=O) groups is 1. The number of ketones is 1. The van der Waals surface area contributed by atoms with Crippen molar-refractivity contribution in [2.75, 3.05) is 5.43 Å². The van der Waals surface area contributed by atoms with E-state index >= 15 is 0 Å². The first-order valence-electron chi connectivity index (χ1n) is 6.66. The van der Waals surface area contributed by atoms with Crippen molar-refractivity contribution in [3.63, 3.8) is 0 Å². The molecule has 0 aromatic heterocycles. The van der Waals surface area contributed by atoms with Gasteiger partial charge in [-0.15, -0.1) is 0 Å². The van der Waals surface area contributed by atoms with Gasteiger partial charge in [0.15, 0.2) is 0 Å². The first-order chi connectivity index (χ1) is 10.9. The number of nitrogens with one attached hydrogen (secondary N) is 1. The van der Waals surface area contributed by atoms with E-state index in [2.05, 4.69) is 10.5 Å². The minimum Gasteiger partial charge on any atom is -0.744 e. The van der Waals surface area contributed by atoms with Gasteiger partial charge in [-0.2, -0.15) is 5.10 Å². The van der Waals surface area contributed by atoms with E-state index in [-0.39, 0.29) is 45.9 Å². The number of rotatable bonds is 3. The maximum Gasteiger partial charge on any atom is 1.00 e. The third kappa shape index (κ3) is 4.00. The maximum atomic E-state index is 12.0. The van der Waals surface area contributed by atoms with Crippen molar-refractivity contribution in [3.8, 4) is 0 Å². The summed E-state index contributed by atoms with van der Waals surface area (Å²) in [7, 11) is -4.55. The van der Waals surface area contributed by atoms with Crippen LogP contribution in [0.3, 0.4) is 0 Å². The van der Waals surface area contributed by atoms with E-state index in [4.69, 9.17) is 0 Å². The van der Waals surface area contributed by atoms with E-state index in [1.165, 1.54) is 30.4 Å². The second-order valence-corrected chi connectivity index (χ2v) is 6.22. The predicted octanol–water partition coefficient (Wildman–Crippen LogP) is -0.993. The maximum absolute atomic E-state index is 12.0. The topological polar surface area (TPSA) is 98.7 Å². The summed E-state index contributed by atoms with van der Waals surface area (Å²) < 4.78 is 33.3. The normalized spacial score (nSPS) is 14.9. The molecule has 0 saturated carbocycles. The van der Waals surface area contributed by atoms with E-state index in [0.29, 0.717) is 16.8 Å². The predicted molar refractivity (Wildman–Crippen MR) is 85.0 cm³/mol. The summed E-state index contributed by atoms with van der Waals surface area (Å²) >= 11 is 0. The van der Waals surface area contributed by atoms with Crippen LogP contribution in [0.15, 0.2) is 64.6 Å². The first-order valence-corrected chi connectivity index (χ1v) is 8.07. The molecule has 0 saturated heterocycles. The molecule has 1 N–H and O–H groups in total. The molecule has 0 aliphatic heterocycles. The SMILES string of the molecule is O=C1C=Cc2cc(S(=O)(=O)[O-])ccc2/C1=N/Nc1ccccc1.[Na+]. The average molecular weight is 350 g/mol. The van der Waals surface area contributed by atoms with Crippen LogP contribution in [0.4, 0.5) is 5.69 Å². The Bertz CT molecular complexity index is 938. The molecule has 0 spiro atoms. The Hall–Kier alpha value is -1.77. The van der Waals surface area contributed by atoms with E-state index in [9.17, 15) is 17.8 Å². The number of anilines is 1. The summed E-state index contributed by atoms with van der Waals surface area (Å²) in [6.07, 6.45) is 2.75. The van der Waals surface area contributed by atoms with E-state index in [1.54, 1.807) is 12.1 Å². The molecule has 2 aromatic carbocycles. The van der Waals surface area contributed by atoms with Gasteiger partial charge in [0.05, 0.1) is 10.6 Å². The Morgan fingerprint density at radius 1 is 1.00 bits per heavy atom. The second-order valence-electron chi connectivity index (χ2n) is 4.84. The monoisotopic (exact) mass is 350 g/mol. The summed E-state index contributed by atoms with van der Waals surface area (Å²) in [4.78, 5) is 11.7. The molecule has 0 bridgehead atoms. The molecule has 0 amide bonds. The van der Waals surface area contributed by atoms with Gasteiger partial charge in [-0.25, -0.2) is 8.42 Å². The van der Waals surface area contributed by atoms with Crippen molar-refractivity contribution in [2.45, 2.75) is 4.90 Å². The molecular formula is C16H11N2NaO4S. The van der Waals surface area contributed by atoms with Crippen LogP contribution in [-0.2, 0) is 14.9 Å². The fourth-order valence-electron chi connectivity index (χ4n) is 2.18. The third-order valence-electron chi connectivity index (χ3n) is 3.29. The Kier molecular flexibility index (Phi) is 5.74. The van der Waals surface area contributed by atoms with Gasteiger partial charge in [0.25, 0.3) is 0 Å². The molecule has 0 heterocycles. The number of benzene rings is 2. The Labute approximate surface area is 161 Å². The van der Waals surface area contributed by atoms with Crippen molar-refractivity contribution in [1.82, 2.24) is 0 Å². The molecular weight excluding hydrogens is 339 g/mol. The van der Waals surface area contributed by atoms with Gasteiger partial charge in [0.1, 0.15) is 15.8 Å². The largest absolute Gasteiger partial charge is 1.00 e. The standard InChI is InChI=1S/C16H12N2O4S.Na/c19-15-9-6-11-10-13(23(20,21)22)7-8-14(11)16(15)18-17-12-4-2-1-3-5-12;/h1-10,17H,(H,20,21,22);/q;+1/p-1/b18-16-;. The van der Waals surface area contributed by atoms with Crippen LogP contribution < -0.4 is 35.0 Å². The molecule has 2 aromatic rings. The quantitative estimate of drug-likeness (QED) is 0.435. The van der Waals surface area contributed by atoms with Gasteiger partial charge in [0.2, 0.25) is 5.78 Å². The van der Waals surface area contributed by atoms with Crippen molar-refractivity contribution in [3.05, 3.63) is 65.7 Å². The molecule has 116 valence electrons. The van der Waals surface area contributed by atoms with Gasteiger partial charge in [-0.3, -0.25) is 10.2 Å². The molecule has 0 radical (unpaired) electrons. The molecule has 24 heavy (non-hydrogen) atoms. The number of hydrazone groups is 1. The molecule has 6 nitrogen and oxygen atoms in total. The number of allylic oxidation sites excluding steroid dienone is 1. The Morgan fingerprint density at radius 2 is 1.71 bits per heavy atom. The van der Waals surface area contributed by atoms with Crippen LogP contribution in [0.25, 0.3) is 6.08 Å². The molecule has 1 aliphatic carbocycles. The van der Waals surface area contributed by atoms with Gasteiger partial charge in [0, 0.05) is 5.56 Å². The number of fused-ring (bicyclic) bond motifs is 1. The van der Waals surface area contributed by atoms with Gasteiger partial charge in [-0.05, 0) is 35.9 Å². The van der Waals surface area contributed by atoms with Crippen LogP contribution in [0.2, 0.25) is 0 Å². The van der Waals surface area contributed by atoms with E-state index in [1.807, 2.05) is 18.2 Å². The molecule has 0 unspecified atom stereocenters. The van der Waals surface area contributed by atoms with Crippen molar-refractivity contribution in [1.29, 1.82) is 0 Å². The zero-order valence-corrected chi connectivity index (χ0v) is 15.6. The number of para-hydroxylation sites is 1. The Morgan fingerprint density at radius 3 is 2.38 bits per heavy atom. The smallest absolute Gasteiger partial charge is 0.744 e. The zero-order chi connectivity index (χ0) is 16.4. The van der Waals surface area contributed by atoms with Crippen molar-refractivity contribution in [2.24, 2.45) is 5.10 Å². The number of hydrogen-bond acceptors (Lipinski definition) is 6. The van der Waals surface area contributed by atoms with Crippen LogP contribution in [0, 0.1) is 0 Å². The summed E-state index contributed by atoms with van der Waals surface area (Å²) in [5.74, 6) is -0.307. The first kappa shape index (κ1) is 18.6. The summed E-state index contributed by atoms with van der Waals surface area (Å²) in [5.41, 5.74) is 4.57. The van der Waals surface area contributed by atoms with Crippen LogP contribution >= 0.6 is 0 Å². The van der Waals surface area contributed by atoms with Gasteiger partial charge in [-0.1, -0.05) is 30.3 Å². The summed E-state index contributed by atoms with van der Waals surface area (Å²) in [6.45, 7) is 0. The van der Waals surface area contributed by atoms with Crippen molar-refractivity contribution >= 4 is 33.4 Å². The van der Waals surface area contributed by atoms with Gasteiger partial charge < -0.3 is 4.55 Å². The molecule has 8 heteroatoms.